The molecule has 20 heavy (non-hydrogen) atoms. The maximum Gasteiger partial charge on any atom is 0.253 e. The van der Waals surface area contributed by atoms with Crippen molar-refractivity contribution in [2.45, 2.75) is 12.8 Å². The highest BCUT2D eigenvalue weighted by Gasteiger charge is 2.20. The van der Waals surface area contributed by atoms with E-state index in [9.17, 15) is 14.4 Å². The quantitative estimate of drug-likeness (QED) is 0.834. The smallest absolute Gasteiger partial charge is 0.253 e. The first-order valence-corrected chi connectivity index (χ1v) is 6.40. The molecule has 0 spiro atoms. The highest BCUT2D eigenvalue weighted by molar-refractivity contribution is 6.02. The molecule has 106 valence electrons. The summed E-state index contributed by atoms with van der Waals surface area (Å²) >= 11 is 0. The number of carbonyl (C=O) groups is 3. The van der Waals surface area contributed by atoms with Crippen molar-refractivity contribution in [3.05, 3.63) is 29.3 Å². The van der Waals surface area contributed by atoms with Crippen molar-refractivity contribution < 1.29 is 14.4 Å². The lowest BCUT2D eigenvalue weighted by Crippen LogP contribution is -2.31. The number of benzene rings is 1. The molecule has 0 saturated carbocycles. The standard InChI is InChI=1S/C14H17N3O3/c1-15-12(18)5-6-17(2)14(20)10-4-3-9-8-13(19)16-11(9)7-10/h3-4,7H,5-6,8H2,1-2H3,(H,15,18)(H,16,19). The Kier molecular flexibility index (Phi) is 4.02. The summed E-state index contributed by atoms with van der Waals surface area (Å²) in [4.78, 5) is 36.1. The SMILES string of the molecule is CNC(=O)CCN(C)C(=O)c1ccc2c(c1)NC(=O)C2. The van der Waals surface area contributed by atoms with Gasteiger partial charge in [0.25, 0.3) is 5.91 Å². The zero-order valence-electron chi connectivity index (χ0n) is 11.5. The average Bonchev–Trinajstić information content (AvgIpc) is 2.82. The van der Waals surface area contributed by atoms with Crippen LogP contribution in [0.5, 0.6) is 0 Å². The molecule has 1 aliphatic heterocycles. The van der Waals surface area contributed by atoms with Gasteiger partial charge in [-0.05, 0) is 17.7 Å². The van der Waals surface area contributed by atoms with Crippen LogP contribution in [-0.4, -0.2) is 43.3 Å². The highest BCUT2D eigenvalue weighted by atomic mass is 16.2. The molecular formula is C14H17N3O3. The third kappa shape index (κ3) is 2.96. The first kappa shape index (κ1) is 14.0. The summed E-state index contributed by atoms with van der Waals surface area (Å²) in [6.07, 6.45) is 0.622. The molecule has 0 bridgehead atoms. The Hall–Kier alpha value is -2.37. The van der Waals surface area contributed by atoms with Gasteiger partial charge in [0.2, 0.25) is 11.8 Å². The van der Waals surface area contributed by atoms with Gasteiger partial charge in [-0.1, -0.05) is 6.07 Å². The van der Waals surface area contributed by atoms with Crippen molar-refractivity contribution in [3.8, 4) is 0 Å². The van der Waals surface area contributed by atoms with Crippen LogP contribution in [0.3, 0.4) is 0 Å². The van der Waals surface area contributed by atoms with Crippen molar-refractivity contribution in [1.29, 1.82) is 0 Å². The molecule has 0 aliphatic carbocycles. The van der Waals surface area contributed by atoms with E-state index in [1.54, 1.807) is 32.3 Å². The third-order valence-corrected chi connectivity index (χ3v) is 3.28. The first-order chi connectivity index (χ1) is 9.51. The van der Waals surface area contributed by atoms with Crippen molar-refractivity contribution in [1.82, 2.24) is 10.2 Å². The molecule has 1 aromatic carbocycles. The van der Waals surface area contributed by atoms with Gasteiger partial charge in [-0.25, -0.2) is 0 Å². The van der Waals surface area contributed by atoms with Crippen LogP contribution in [0.2, 0.25) is 0 Å². The molecule has 6 heteroatoms. The van der Waals surface area contributed by atoms with Gasteiger partial charge >= 0.3 is 0 Å². The summed E-state index contributed by atoms with van der Waals surface area (Å²) in [6.45, 7) is 0.349. The molecule has 2 N–H and O–H groups in total. The minimum Gasteiger partial charge on any atom is -0.359 e. The molecule has 1 heterocycles. The zero-order chi connectivity index (χ0) is 14.7. The van der Waals surface area contributed by atoms with Gasteiger partial charge in [-0.15, -0.1) is 0 Å². The van der Waals surface area contributed by atoms with Crippen molar-refractivity contribution in [3.63, 3.8) is 0 Å². The molecule has 2 rings (SSSR count). The molecule has 0 atom stereocenters. The number of hydrogen-bond donors (Lipinski definition) is 2. The number of anilines is 1. The molecule has 0 radical (unpaired) electrons. The Balaban J connectivity index is 2.04. The summed E-state index contributed by atoms with van der Waals surface area (Å²) in [5.74, 6) is -0.332. The van der Waals surface area contributed by atoms with Gasteiger partial charge in [0.05, 0.1) is 6.42 Å². The van der Waals surface area contributed by atoms with Crippen LogP contribution in [0.15, 0.2) is 18.2 Å². The van der Waals surface area contributed by atoms with E-state index in [0.717, 1.165) is 5.56 Å². The minimum absolute atomic E-state index is 0.0578. The van der Waals surface area contributed by atoms with Crippen molar-refractivity contribution in [2.24, 2.45) is 0 Å². The number of fused-ring (bicyclic) bond motifs is 1. The number of nitrogens with one attached hydrogen (secondary N) is 2. The van der Waals surface area contributed by atoms with Gasteiger partial charge in [0.15, 0.2) is 0 Å². The van der Waals surface area contributed by atoms with Crippen LogP contribution < -0.4 is 10.6 Å². The second-order valence-corrected chi connectivity index (χ2v) is 4.75. The molecule has 0 unspecified atom stereocenters. The average molecular weight is 275 g/mol. The first-order valence-electron chi connectivity index (χ1n) is 6.40. The van der Waals surface area contributed by atoms with Gasteiger partial charge in [-0.2, -0.15) is 0 Å². The predicted molar refractivity (Wildman–Crippen MR) is 74.4 cm³/mol. The summed E-state index contributed by atoms with van der Waals surface area (Å²) in [5, 5.41) is 5.23. The maximum absolute atomic E-state index is 12.2. The monoisotopic (exact) mass is 275 g/mol. The third-order valence-electron chi connectivity index (χ3n) is 3.28. The maximum atomic E-state index is 12.2. The summed E-state index contributed by atoms with van der Waals surface area (Å²) in [6, 6.07) is 5.17. The Bertz CT molecular complexity index is 569. The van der Waals surface area contributed by atoms with Crippen LogP contribution >= 0.6 is 0 Å². The fourth-order valence-electron chi connectivity index (χ4n) is 2.06. The van der Waals surface area contributed by atoms with E-state index in [1.807, 2.05) is 0 Å². The van der Waals surface area contributed by atoms with E-state index >= 15 is 0 Å². The Labute approximate surface area is 117 Å². The van der Waals surface area contributed by atoms with E-state index in [2.05, 4.69) is 10.6 Å². The fraction of sp³-hybridized carbons (Fsp3) is 0.357. The van der Waals surface area contributed by atoms with Crippen molar-refractivity contribution >= 4 is 23.4 Å². The molecule has 1 aromatic rings. The van der Waals surface area contributed by atoms with Gasteiger partial charge in [0, 0.05) is 38.3 Å². The largest absolute Gasteiger partial charge is 0.359 e. The van der Waals surface area contributed by atoms with Crippen LogP contribution in [0.1, 0.15) is 22.3 Å². The molecule has 3 amide bonds. The fourth-order valence-corrected chi connectivity index (χ4v) is 2.06. The number of hydrogen-bond acceptors (Lipinski definition) is 3. The summed E-state index contributed by atoms with van der Waals surface area (Å²) in [5.41, 5.74) is 2.10. The van der Waals surface area contributed by atoms with Crippen LogP contribution in [-0.2, 0) is 16.0 Å². The zero-order valence-corrected chi connectivity index (χ0v) is 11.5. The van der Waals surface area contributed by atoms with Crippen molar-refractivity contribution in [2.75, 3.05) is 26.0 Å². The lowest BCUT2D eigenvalue weighted by molar-refractivity contribution is -0.120. The second-order valence-electron chi connectivity index (χ2n) is 4.75. The van der Waals surface area contributed by atoms with Crippen LogP contribution in [0.4, 0.5) is 5.69 Å². The van der Waals surface area contributed by atoms with E-state index < -0.39 is 0 Å². The molecule has 1 aliphatic rings. The van der Waals surface area contributed by atoms with Crippen LogP contribution in [0, 0.1) is 0 Å². The van der Waals surface area contributed by atoms with Gasteiger partial charge in [-0.3, -0.25) is 14.4 Å². The molecular weight excluding hydrogens is 258 g/mol. The second kappa shape index (κ2) is 5.73. The molecule has 0 saturated heterocycles. The Morgan fingerprint density at radius 2 is 2.15 bits per heavy atom. The van der Waals surface area contributed by atoms with E-state index in [0.29, 0.717) is 24.2 Å². The van der Waals surface area contributed by atoms with E-state index in [4.69, 9.17) is 0 Å². The normalized spacial score (nSPS) is 12.6. The Morgan fingerprint density at radius 3 is 2.85 bits per heavy atom. The Morgan fingerprint density at radius 1 is 1.40 bits per heavy atom. The number of rotatable bonds is 4. The summed E-state index contributed by atoms with van der Waals surface area (Å²) < 4.78 is 0. The van der Waals surface area contributed by atoms with Gasteiger partial charge < -0.3 is 15.5 Å². The summed E-state index contributed by atoms with van der Waals surface area (Å²) in [7, 11) is 3.21. The lowest BCUT2D eigenvalue weighted by atomic mass is 10.1. The van der Waals surface area contributed by atoms with Crippen LogP contribution in [0.25, 0.3) is 0 Å². The lowest BCUT2D eigenvalue weighted by Gasteiger charge is -2.17. The number of carbonyl (C=O) groups excluding carboxylic acids is 3. The van der Waals surface area contributed by atoms with E-state index in [1.165, 1.54) is 4.90 Å². The molecule has 0 aromatic heterocycles. The predicted octanol–water partition coefficient (Wildman–Crippen LogP) is 0.389. The highest BCUT2D eigenvalue weighted by Crippen LogP contribution is 2.24. The number of nitrogens with zero attached hydrogens (tertiary/aromatic N) is 1. The minimum atomic E-state index is -0.169. The van der Waals surface area contributed by atoms with E-state index in [-0.39, 0.29) is 24.1 Å². The molecule has 6 nitrogen and oxygen atoms in total. The topological polar surface area (TPSA) is 78.5 Å². The molecule has 0 fully saturated rings. The number of amides is 3. The van der Waals surface area contributed by atoms with Gasteiger partial charge in [0.1, 0.15) is 0 Å².